The summed E-state index contributed by atoms with van der Waals surface area (Å²) in [4.78, 5) is 0. The van der Waals surface area contributed by atoms with Crippen LogP contribution >= 0.6 is 0 Å². The van der Waals surface area contributed by atoms with Gasteiger partial charge in [-0.15, -0.1) is 0 Å². The maximum Gasteiger partial charge on any atom is 0.168 e. The summed E-state index contributed by atoms with van der Waals surface area (Å²) in [6, 6.07) is 12.1. The lowest BCUT2D eigenvalue weighted by atomic mass is 10.0. The molecule has 3 aromatic rings. The zero-order chi connectivity index (χ0) is 15.7. The molecule has 0 unspecified atom stereocenters. The SMILES string of the molecule is COc1cc2cc3ccc(OC)c(OC)c3cc2cc1OC. The number of benzene rings is 3. The van der Waals surface area contributed by atoms with Crippen molar-refractivity contribution in [1.29, 1.82) is 0 Å². The topological polar surface area (TPSA) is 36.9 Å². The molecule has 0 saturated carbocycles. The molecule has 0 spiro atoms. The highest BCUT2D eigenvalue weighted by molar-refractivity contribution is 6.02. The molecule has 0 bridgehead atoms. The molecular formula is C18H18O4. The Kier molecular flexibility index (Phi) is 3.67. The molecule has 3 rings (SSSR count). The van der Waals surface area contributed by atoms with Crippen molar-refractivity contribution in [1.82, 2.24) is 0 Å². The van der Waals surface area contributed by atoms with E-state index in [4.69, 9.17) is 18.9 Å². The van der Waals surface area contributed by atoms with E-state index in [2.05, 4.69) is 12.1 Å². The molecule has 0 heterocycles. The van der Waals surface area contributed by atoms with Crippen LogP contribution in [0.5, 0.6) is 23.0 Å². The van der Waals surface area contributed by atoms with Gasteiger partial charge in [-0.3, -0.25) is 0 Å². The minimum atomic E-state index is 0.705. The Morgan fingerprint density at radius 2 is 1.14 bits per heavy atom. The predicted molar refractivity (Wildman–Crippen MR) is 87.7 cm³/mol. The van der Waals surface area contributed by atoms with Crippen LogP contribution in [0.25, 0.3) is 21.5 Å². The Balaban J connectivity index is 2.35. The second-order valence-corrected chi connectivity index (χ2v) is 4.93. The fourth-order valence-electron chi connectivity index (χ4n) is 2.72. The highest BCUT2D eigenvalue weighted by Crippen LogP contribution is 2.39. The highest BCUT2D eigenvalue weighted by Gasteiger charge is 2.12. The van der Waals surface area contributed by atoms with Crippen molar-refractivity contribution in [3.8, 4) is 23.0 Å². The smallest absolute Gasteiger partial charge is 0.168 e. The van der Waals surface area contributed by atoms with E-state index in [1.54, 1.807) is 28.4 Å². The monoisotopic (exact) mass is 298 g/mol. The fourth-order valence-corrected chi connectivity index (χ4v) is 2.72. The zero-order valence-electron chi connectivity index (χ0n) is 13.1. The molecule has 0 aliphatic rings. The summed E-state index contributed by atoms with van der Waals surface area (Å²) in [6.45, 7) is 0. The molecule has 4 nitrogen and oxygen atoms in total. The Labute approximate surface area is 129 Å². The van der Waals surface area contributed by atoms with E-state index >= 15 is 0 Å². The largest absolute Gasteiger partial charge is 0.493 e. The molecule has 0 fully saturated rings. The molecule has 4 heteroatoms. The second-order valence-electron chi connectivity index (χ2n) is 4.93. The van der Waals surface area contributed by atoms with Crippen LogP contribution in [0.15, 0.2) is 36.4 Å². The van der Waals surface area contributed by atoms with Crippen LogP contribution in [0.4, 0.5) is 0 Å². The van der Waals surface area contributed by atoms with E-state index < -0.39 is 0 Å². The summed E-state index contributed by atoms with van der Waals surface area (Å²) < 4.78 is 21.6. The normalized spacial score (nSPS) is 10.7. The number of fused-ring (bicyclic) bond motifs is 2. The molecule has 0 N–H and O–H groups in total. The maximum atomic E-state index is 5.52. The van der Waals surface area contributed by atoms with Gasteiger partial charge in [-0.1, -0.05) is 6.07 Å². The van der Waals surface area contributed by atoms with E-state index in [1.165, 1.54) is 0 Å². The molecule has 0 amide bonds. The van der Waals surface area contributed by atoms with Gasteiger partial charge >= 0.3 is 0 Å². The Morgan fingerprint density at radius 3 is 1.68 bits per heavy atom. The van der Waals surface area contributed by atoms with Gasteiger partial charge in [-0.25, -0.2) is 0 Å². The van der Waals surface area contributed by atoms with Gasteiger partial charge in [0.15, 0.2) is 23.0 Å². The quantitative estimate of drug-likeness (QED) is 0.682. The summed E-state index contributed by atoms with van der Waals surface area (Å²) in [5, 5.41) is 4.22. The van der Waals surface area contributed by atoms with Crippen LogP contribution in [0.3, 0.4) is 0 Å². The zero-order valence-corrected chi connectivity index (χ0v) is 13.1. The van der Waals surface area contributed by atoms with Crippen molar-refractivity contribution in [3.05, 3.63) is 36.4 Å². The van der Waals surface area contributed by atoms with E-state index in [1.807, 2.05) is 24.3 Å². The Hall–Kier alpha value is -2.62. The van der Waals surface area contributed by atoms with Crippen molar-refractivity contribution in [2.24, 2.45) is 0 Å². The van der Waals surface area contributed by atoms with E-state index in [9.17, 15) is 0 Å². The minimum Gasteiger partial charge on any atom is -0.493 e. The molecular weight excluding hydrogens is 280 g/mol. The summed E-state index contributed by atoms with van der Waals surface area (Å²) in [5.74, 6) is 2.87. The van der Waals surface area contributed by atoms with Crippen LogP contribution < -0.4 is 18.9 Å². The van der Waals surface area contributed by atoms with Crippen molar-refractivity contribution >= 4 is 21.5 Å². The first kappa shape index (κ1) is 14.3. The summed E-state index contributed by atoms with van der Waals surface area (Å²) in [7, 11) is 6.56. The number of hydrogen-bond donors (Lipinski definition) is 0. The summed E-state index contributed by atoms with van der Waals surface area (Å²) in [6.07, 6.45) is 0. The fraction of sp³-hybridized carbons (Fsp3) is 0.222. The molecule has 0 atom stereocenters. The average molecular weight is 298 g/mol. The molecule has 0 aromatic heterocycles. The van der Waals surface area contributed by atoms with Crippen LogP contribution in [-0.2, 0) is 0 Å². The van der Waals surface area contributed by atoms with Crippen LogP contribution in [0.2, 0.25) is 0 Å². The lowest BCUT2D eigenvalue weighted by Crippen LogP contribution is -1.93. The summed E-state index contributed by atoms with van der Waals surface area (Å²) in [5.41, 5.74) is 0. The average Bonchev–Trinajstić information content (AvgIpc) is 2.57. The molecule has 0 aliphatic heterocycles. The lowest BCUT2D eigenvalue weighted by Gasteiger charge is -2.13. The first-order valence-electron chi connectivity index (χ1n) is 6.92. The molecule has 114 valence electrons. The lowest BCUT2D eigenvalue weighted by molar-refractivity contribution is 0.356. The first-order valence-corrected chi connectivity index (χ1v) is 6.92. The van der Waals surface area contributed by atoms with Gasteiger partial charge in [0.2, 0.25) is 0 Å². The number of rotatable bonds is 4. The van der Waals surface area contributed by atoms with Gasteiger partial charge in [0.05, 0.1) is 28.4 Å². The standard InChI is InChI=1S/C18H18O4/c1-19-15-6-5-11-7-12-9-16(20-2)17(21-3)10-13(12)8-14(11)18(15)22-4/h5-10H,1-4H3. The first-order chi connectivity index (χ1) is 10.7. The van der Waals surface area contributed by atoms with Gasteiger partial charge in [0.25, 0.3) is 0 Å². The Bertz CT molecular complexity index is 837. The van der Waals surface area contributed by atoms with Crippen LogP contribution in [0, 0.1) is 0 Å². The Morgan fingerprint density at radius 1 is 0.545 bits per heavy atom. The van der Waals surface area contributed by atoms with Crippen molar-refractivity contribution in [2.45, 2.75) is 0 Å². The van der Waals surface area contributed by atoms with Gasteiger partial charge in [-0.05, 0) is 46.5 Å². The number of hydrogen-bond acceptors (Lipinski definition) is 4. The van der Waals surface area contributed by atoms with Crippen LogP contribution in [-0.4, -0.2) is 28.4 Å². The van der Waals surface area contributed by atoms with Gasteiger partial charge < -0.3 is 18.9 Å². The van der Waals surface area contributed by atoms with Crippen molar-refractivity contribution in [3.63, 3.8) is 0 Å². The van der Waals surface area contributed by atoms with Gasteiger partial charge in [-0.2, -0.15) is 0 Å². The molecule has 22 heavy (non-hydrogen) atoms. The third-order valence-corrected chi connectivity index (χ3v) is 3.82. The van der Waals surface area contributed by atoms with Crippen molar-refractivity contribution in [2.75, 3.05) is 28.4 Å². The molecule has 0 saturated heterocycles. The van der Waals surface area contributed by atoms with E-state index in [-0.39, 0.29) is 0 Å². The third-order valence-electron chi connectivity index (χ3n) is 3.82. The minimum absolute atomic E-state index is 0.705. The number of methoxy groups -OCH3 is 4. The number of ether oxygens (including phenoxy) is 4. The highest BCUT2D eigenvalue weighted by atomic mass is 16.5. The van der Waals surface area contributed by atoms with Crippen LogP contribution in [0.1, 0.15) is 0 Å². The van der Waals surface area contributed by atoms with Crippen molar-refractivity contribution < 1.29 is 18.9 Å². The van der Waals surface area contributed by atoms with Gasteiger partial charge in [0, 0.05) is 5.39 Å². The second kappa shape index (κ2) is 5.64. The predicted octanol–water partition coefficient (Wildman–Crippen LogP) is 4.03. The van der Waals surface area contributed by atoms with E-state index in [0.717, 1.165) is 38.8 Å². The molecule has 0 radical (unpaired) electrons. The molecule has 3 aromatic carbocycles. The van der Waals surface area contributed by atoms with Gasteiger partial charge in [0.1, 0.15) is 0 Å². The van der Waals surface area contributed by atoms with E-state index in [0.29, 0.717) is 5.75 Å². The third kappa shape index (κ3) is 2.17. The molecule has 0 aliphatic carbocycles. The summed E-state index contributed by atoms with van der Waals surface area (Å²) >= 11 is 0. The maximum absolute atomic E-state index is 5.52.